The zero-order chi connectivity index (χ0) is 18.2. The fraction of sp³-hybridized carbons (Fsp3) is 0.400. The van der Waals surface area contributed by atoms with Crippen molar-refractivity contribution >= 4 is 20.0 Å². The number of aryl methyl sites for hydroxylation is 1. The Morgan fingerprint density at radius 1 is 1.20 bits per heavy atom. The zero-order valence-electron chi connectivity index (χ0n) is 13.7. The average Bonchev–Trinajstić information content (AvgIpc) is 3.16. The molecule has 2 aromatic rings. The van der Waals surface area contributed by atoms with Crippen molar-refractivity contribution in [2.75, 3.05) is 12.3 Å². The summed E-state index contributed by atoms with van der Waals surface area (Å²) in [5, 5.41) is 9.21. The summed E-state index contributed by atoms with van der Waals surface area (Å²) in [6, 6.07) is 6.88. The molecule has 2 heterocycles. The van der Waals surface area contributed by atoms with E-state index in [2.05, 4.69) is 5.10 Å². The first-order valence-corrected chi connectivity index (χ1v) is 11.0. The van der Waals surface area contributed by atoms with Gasteiger partial charge < -0.3 is 0 Å². The predicted molar refractivity (Wildman–Crippen MR) is 93.2 cm³/mol. The number of nitrogens with zero attached hydrogens (tertiary/aromatic N) is 3. The lowest BCUT2D eigenvalue weighted by Gasteiger charge is -2.22. The highest BCUT2D eigenvalue weighted by Gasteiger charge is 2.37. The number of primary sulfonamides is 1. The van der Waals surface area contributed by atoms with Crippen LogP contribution in [0.4, 0.5) is 0 Å². The van der Waals surface area contributed by atoms with Crippen molar-refractivity contribution in [3.05, 3.63) is 42.2 Å². The summed E-state index contributed by atoms with van der Waals surface area (Å²) in [4.78, 5) is 0.0365. The van der Waals surface area contributed by atoms with E-state index in [-0.39, 0.29) is 17.2 Å². The highest BCUT2D eigenvalue weighted by molar-refractivity contribution is 7.90. The van der Waals surface area contributed by atoms with E-state index in [9.17, 15) is 16.8 Å². The maximum Gasteiger partial charge on any atom is 0.246 e. The first kappa shape index (κ1) is 18.1. The minimum atomic E-state index is -3.83. The van der Waals surface area contributed by atoms with Crippen LogP contribution in [0.25, 0.3) is 5.69 Å². The molecule has 0 saturated carbocycles. The summed E-state index contributed by atoms with van der Waals surface area (Å²) in [6.45, 7) is 2.24. The smallest absolute Gasteiger partial charge is 0.240 e. The third-order valence-corrected chi connectivity index (χ3v) is 6.97. The Hall–Kier alpha value is -1.75. The SMILES string of the molecule is Cc1ccc(-n2cc(S(=O)(=O)N3CCCC3CS(N)(=O)=O)cn2)cc1. The van der Waals surface area contributed by atoms with Crippen LogP contribution in [0.5, 0.6) is 0 Å². The maximum atomic E-state index is 12.9. The van der Waals surface area contributed by atoms with Gasteiger partial charge in [-0.1, -0.05) is 17.7 Å². The van der Waals surface area contributed by atoms with Gasteiger partial charge in [-0.3, -0.25) is 0 Å². The van der Waals surface area contributed by atoms with Gasteiger partial charge in [0.1, 0.15) is 4.90 Å². The lowest BCUT2D eigenvalue weighted by Crippen LogP contribution is -2.40. The van der Waals surface area contributed by atoms with Crippen LogP contribution in [0.1, 0.15) is 18.4 Å². The van der Waals surface area contributed by atoms with Gasteiger partial charge >= 0.3 is 0 Å². The minimum absolute atomic E-state index is 0.0365. The highest BCUT2D eigenvalue weighted by Crippen LogP contribution is 2.27. The fourth-order valence-corrected chi connectivity index (χ4v) is 5.58. The molecule has 25 heavy (non-hydrogen) atoms. The molecular formula is C15H20N4O4S2. The average molecular weight is 384 g/mol. The van der Waals surface area contributed by atoms with E-state index >= 15 is 0 Å². The number of aromatic nitrogens is 2. The highest BCUT2D eigenvalue weighted by atomic mass is 32.2. The first-order chi connectivity index (χ1) is 11.7. The van der Waals surface area contributed by atoms with Gasteiger partial charge in [-0.05, 0) is 31.9 Å². The molecule has 0 aliphatic carbocycles. The largest absolute Gasteiger partial charge is 0.246 e. The Morgan fingerprint density at radius 2 is 1.88 bits per heavy atom. The van der Waals surface area contributed by atoms with Gasteiger partial charge in [-0.15, -0.1) is 0 Å². The third-order valence-electron chi connectivity index (χ3n) is 4.21. The quantitative estimate of drug-likeness (QED) is 0.811. The molecule has 1 aliphatic rings. The number of benzene rings is 1. The Bertz CT molecular complexity index is 965. The van der Waals surface area contributed by atoms with Gasteiger partial charge in [-0.2, -0.15) is 9.40 Å². The van der Waals surface area contributed by atoms with Gasteiger partial charge in [0.15, 0.2) is 0 Å². The monoisotopic (exact) mass is 384 g/mol. The molecule has 0 amide bonds. The molecule has 0 bridgehead atoms. The summed E-state index contributed by atoms with van der Waals surface area (Å²) in [6.07, 6.45) is 3.79. The van der Waals surface area contributed by atoms with Crippen molar-refractivity contribution < 1.29 is 16.8 Å². The second kappa shape index (κ2) is 6.52. The Labute approximate surface area is 147 Å². The van der Waals surface area contributed by atoms with Crippen LogP contribution >= 0.6 is 0 Å². The van der Waals surface area contributed by atoms with E-state index in [0.29, 0.717) is 12.8 Å². The van der Waals surface area contributed by atoms with Gasteiger partial charge in [-0.25, -0.2) is 26.7 Å². The van der Waals surface area contributed by atoms with Crippen LogP contribution in [-0.4, -0.2) is 49.3 Å². The molecule has 0 radical (unpaired) electrons. The van der Waals surface area contributed by atoms with Crippen LogP contribution < -0.4 is 5.14 Å². The molecule has 1 saturated heterocycles. The topological polar surface area (TPSA) is 115 Å². The minimum Gasteiger partial charge on any atom is -0.240 e. The number of nitrogens with two attached hydrogens (primary N) is 1. The van der Waals surface area contributed by atoms with Gasteiger partial charge in [0.2, 0.25) is 20.0 Å². The molecule has 1 unspecified atom stereocenters. The van der Waals surface area contributed by atoms with E-state index in [1.54, 1.807) is 0 Å². The predicted octanol–water partition coefficient (Wildman–Crippen LogP) is 0.622. The van der Waals surface area contributed by atoms with E-state index in [1.165, 1.54) is 21.4 Å². The van der Waals surface area contributed by atoms with E-state index < -0.39 is 26.1 Å². The molecule has 2 N–H and O–H groups in total. The third kappa shape index (κ3) is 3.92. The van der Waals surface area contributed by atoms with Gasteiger partial charge in [0, 0.05) is 12.6 Å². The molecule has 1 fully saturated rings. The molecule has 8 nitrogen and oxygen atoms in total. The van der Waals surface area contributed by atoms with Crippen LogP contribution in [0, 0.1) is 6.92 Å². The standard InChI is InChI=1S/C15H20N4O4S2/c1-12-4-6-13(7-5-12)18-10-15(9-17-18)25(22,23)19-8-2-3-14(19)11-24(16,20)21/h4-7,9-10,14H,2-3,8,11H2,1H3,(H2,16,20,21). The van der Waals surface area contributed by atoms with Crippen LogP contribution in [0.15, 0.2) is 41.6 Å². The van der Waals surface area contributed by atoms with Crippen molar-refractivity contribution in [1.82, 2.24) is 14.1 Å². The number of hydrogen-bond donors (Lipinski definition) is 1. The molecule has 0 spiro atoms. The van der Waals surface area contributed by atoms with Gasteiger partial charge in [0.05, 0.1) is 23.8 Å². The number of sulfonamides is 2. The first-order valence-electron chi connectivity index (χ1n) is 7.81. The van der Waals surface area contributed by atoms with Crippen molar-refractivity contribution in [3.8, 4) is 5.69 Å². The lowest BCUT2D eigenvalue weighted by atomic mass is 10.2. The molecular weight excluding hydrogens is 364 g/mol. The molecule has 10 heteroatoms. The fourth-order valence-electron chi connectivity index (χ4n) is 2.97. The second-order valence-electron chi connectivity index (χ2n) is 6.20. The normalized spacial score (nSPS) is 19.4. The molecule has 3 rings (SSSR count). The number of rotatable bonds is 5. The summed E-state index contributed by atoms with van der Waals surface area (Å²) < 4.78 is 51.1. The zero-order valence-corrected chi connectivity index (χ0v) is 15.4. The molecule has 1 aliphatic heterocycles. The lowest BCUT2D eigenvalue weighted by molar-refractivity contribution is 0.408. The summed E-state index contributed by atoms with van der Waals surface area (Å²) in [7, 11) is -7.58. The van der Waals surface area contributed by atoms with Crippen LogP contribution in [0.3, 0.4) is 0 Å². The van der Waals surface area contributed by atoms with Crippen molar-refractivity contribution in [3.63, 3.8) is 0 Å². The number of hydrogen-bond acceptors (Lipinski definition) is 5. The van der Waals surface area contributed by atoms with E-state index in [4.69, 9.17) is 5.14 Å². The Morgan fingerprint density at radius 3 is 2.52 bits per heavy atom. The van der Waals surface area contributed by atoms with Crippen molar-refractivity contribution in [2.45, 2.75) is 30.7 Å². The van der Waals surface area contributed by atoms with Crippen molar-refractivity contribution in [1.29, 1.82) is 0 Å². The Kier molecular flexibility index (Phi) is 4.71. The maximum absolute atomic E-state index is 12.9. The molecule has 136 valence electrons. The summed E-state index contributed by atoms with van der Waals surface area (Å²) in [5.74, 6) is -0.377. The second-order valence-corrected chi connectivity index (χ2v) is 9.75. The van der Waals surface area contributed by atoms with Gasteiger partial charge in [0.25, 0.3) is 0 Å². The van der Waals surface area contributed by atoms with E-state index in [1.807, 2.05) is 31.2 Å². The van der Waals surface area contributed by atoms with Crippen LogP contribution in [0.2, 0.25) is 0 Å². The summed E-state index contributed by atoms with van der Waals surface area (Å²) >= 11 is 0. The molecule has 1 aromatic carbocycles. The molecule has 1 aromatic heterocycles. The Balaban J connectivity index is 1.89. The molecule has 1 atom stereocenters. The van der Waals surface area contributed by atoms with Crippen molar-refractivity contribution in [2.24, 2.45) is 5.14 Å². The van der Waals surface area contributed by atoms with E-state index in [0.717, 1.165) is 11.3 Å². The summed E-state index contributed by atoms with van der Waals surface area (Å²) in [5.41, 5.74) is 1.83. The van der Waals surface area contributed by atoms with Crippen LogP contribution in [-0.2, 0) is 20.0 Å².